The third kappa shape index (κ3) is 3.17. The van der Waals surface area contributed by atoms with Gasteiger partial charge in [0, 0.05) is 10.9 Å². The first-order valence-corrected chi connectivity index (χ1v) is 6.39. The number of carboxylic acids is 1. The summed E-state index contributed by atoms with van der Waals surface area (Å²) in [5, 5.41) is 18.5. The predicted octanol–water partition coefficient (Wildman–Crippen LogP) is 4.03. The highest BCUT2D eigenvalue weighted by Crippen LogP contribution is 2.50. The van der Waals surface area contributed by atoms with E-state index in [0.717, 1.165) is 12.8 Å². The Morgan fingerprint density at radius 2 is 2.00 bits per heavy atom. The number of alkyl halides is 3. The lowest BCUT2D eigenvalue weighted by molar-refractivity contribution is -0.138. The molecule has 1 fully saturated rings. The van der Waals surface area contributed by atoms with Crippen molar-refractivity contribution in [3.05, 3.63) is 28.3 Å². The van der Waals surface area contributed by atoms with Crippen LogP contribution in [-0.2, 0) is 11.0 Å². The van der Waals surface area contributed by atoms with E-state index < -0.39 is 29.4 Å². The van der Waals surface area contributed by atoms with Crippen LogP contribution in [0.15, 0.2) is 12.1 Å². The summed E-state index contributed by atoms with van der Waals surface area (Å²) in [4.78, 5) is 10.9. The van der Waals surface area contributed by atoms with Gasteiger partial charge in [-0.25, -0.2) is 0 Å². The lowest BCUT2D eigenvalue weighted by atomic mass is 9.89. The van der Waals surface area contributed by atoms with Gasteiger partial charge in [-0.05, 0) is 36.5 Å². The molecule has 1 aromatic carbocycles. The number of carboxylic acid groups (broad SMARTS) is 1. The predicted molar refractivity (Wildman–Crippen MR) is 65.8 cm³/mol. The second kappa shape index (κ2) is 5.16. The normalized spacial score (nSPS) is 17.0. The Hall–Kier alpha value is -1.43. The van der Waals surface area contributed by atoms with Crippen molar-refractivity contribution in [3.8, 4) is 5.75 Å². The van der Waals surface area contributed by atoms with Crippen molar-refractivity contribution < 1.29 is 28.2 Å². The highest BCUT2D eigenvalue weighted by atomic mass is 35.5. The number of rotatable bonds is 4. The molecule has 0 radical (unpaired) electrons. The van der Waals surface area contributed by atoms with Gasteiger partial charge in [-0.2, -0.15) is 13.2 Å². The second-order valence-corrected chi connectivity index (χ2v) is 5.37. The Labute approximate surface area is 118 Å². The van der Waals surface area contributed by atoms with Crippen molar-refractivity contribution in [2.45, 2.75) is 31.4 Å². The van der Waals surface area contributed by atoms with Gasteiger partial charge >= 0.3 is 12.1 Å². The molecule has 3 nitrogen and oxygen atoms in total. The van der Waals surface area contributed by atoms with Crippen LogP contribution in [0.5, 0.6) is 5.75 Å². The van der Waals surface area contributed by atoms with Crippen molar-refractivity contribution in [2.75, 3.05) is 0 Å². The van der Waals surface area contributed by atoms with Gasteiger partial charge in [-0.1, -0.05) is 11.6 Å². The smallest absolute Gasteiger partial charge is 0.420 e. The molecule has 1 aliphatic rings. The molecule has 110 valence electrons. The van der Waals surface area contributed by atoms with E-state index in [2.05, 4.69) is 0 Å². The number of benzene rings is 1. The van der Waals surface area contributed by atoms with Crippen molar-refractivity contribution in [1.82, 2.24) is 0 Å². The zero-order valence-electron chi connectivity index (χ0n) is 10.2. The maximum absolute atomic E-state index is 12.8. The summed E-state index contributed by atoms with van der Waals surface area (Å²) in [6, 6.07) is 1.86. The minimum atomic E-state index is -4.74. The third-order valence-corrected chi connectivity index (χ3v) is 3.61. The molecule has 0 aliphatic heterocycles. The zero-order chi connectivity index (χ0) is 15.1. The Morgan fingerprint density at radius 3 is 2.45 bits per heavy atom. The Bertz CT molecular complexity index is 538. The fraction of sp³-hybridized carbons (Fsp3) is 0.462. The van der Waals surface area contributed by atoms with Gasteiger partial charge in [0.2, 0.25) is 0 Å². The van der Waals surface area contributed by atoms with E-state index in [0.29, 0.717) is 6.07 Å². The van der Waals surface area contributed by atoms with Crippen LogP contribution in [0, 0.1) is 5.92 Å². The Kier molecular flexibility index (Phi) is 3.86. The number of phenolic OH excluding ortho intramolecular Hbond substituents is 1. The minimum Gasteiger partial charge on any atom is -0.507 e. The minimum absolute atomic E-state index is 0.0171. The zero-order valence-corrected chi connectivity index (χ0v) is 11.0. The summed E-state index contributed by atoms with van der Waals surface area (Å²) < 4.78 is 38.4. The van der Waals surface area contributed by atoms with Crippen molar-refractivity contribution in [3.63, 3.8) is 0 Å². The highest BCUT2D eigenvalue weighted by molar-refractivity contribution is 6.30. The molecule has 1 unspecified atom stereocenters. The summed E-state index contributed by atoms with van der Waals surface area (Å²) in [7, 11) is 0. The maximum atomic E-state index is 12.8. The van der Waals surface area contributed by atoms with Crippen LogP contribution >= 0.6 is 11.6 Å². The van der Waals surface area contributed by atoms with Gasteiger partial charge in [0.15, 0.2) is 0 Å². The number of aromatic hydroxyl groups is 1. The van der Waals surface area contributed by atoms with Crippen molar-refractivity contribution >= 4 is 17.6 Å². The summed E-state index contributed by atoms with van der Waals surface area (Å²) in [6.07, 6.45) is -3.58. The lowest BCUT2D eigenvalue weighted by Gasteiger charge is -2.19. The second-order valence-electron chi connectivity index (χ2n) is 4.93. The molecular weight excluding hydrogens is 297 g/mol. The number of hydrogen-bond acceptors (Lipinski definition) is 2. The van der Waals surface area contributed by atoms with E-state index >= 15 is 0 Å². The molecule has 1 atom stereocenters. The van der Waals surface area contributed by atoms with E-state index in [9.17, 15) is 23.1 Å². The van der Waals surface area contributed by atoms with Gasteiger partial charge in [-0.15, -0.1) is 0 Å². The molecule has 0 spiro atoms. The molecular formula is C13H12ClF3O3. The van der Waals surface area contributed by atoms with Gasteiger partial charge in [0.1, 0.15) is 5.75 Å². The van der Waals surface area contributed by atoms with E-state index in [1.165, 1.54) is 6.07 Å². The van der Waals surface area contributed by atoms with Crippen LogP contribution in [0.25, 0.3) is 0 Å². The Balaban J connectivity index is 2.49. The molecule has 0 bridgehead atoms. The average Bonchev–Trinajstić information content (AvgIpc) is 3.11. The van der Waals surface area contributed by atoms with Gasteiger partial charge in [0.05, 0.1) is 12.0 Å². The molecule has 1 aromatic rings. The van der Waals surface area contributed by atoms with Crippen LogP contribution in [-0.4, -0.2) is 16.2 Å². The summed E-state index contributed by atoms with van der Waals surface area (Å²) >= 11 is 5.68. The highest BCUT2D eigenvalue weighted by Gasteiger charge is 2.40. The van der Waals surface area contributed by atoms with E-state index in [4.69, 9.17) is 16.7 Å². The van der Waals surface area contributed by atoms with Gasteiger partial charge in [-0.3, -0.25) is 4.79 Å². The van der Waals surface area contributed by atoms with Crippen LogP contribution < -0.4 is 0 Å². The first-order valence-electron chi connectivity index (χ1n) is 6.01. The lowest BCUT2D eigenvalue weighted by Crippen LogP contribution is -2.12. The molecule has 0 aromatic heterocycles. The largest absolute Gasteiger partial charge is 0.507 e. The monoisotopic (exact) mass is 308 g/mol. The molecule has 2 rings (SSSR count). The van der Waals surface area contributed by atoms with Crippen LogP contribution in [0.2, 0.25) is 5.02 Å². The number of carbonyl (C=O) groups is 1. The summed E-state index contributed by atoms with van der Waals surface area (Å²) in [5.41, 5.74) is -1.26. The number of phenols is 1. The van der Waals surface area contributed by atoms with Crippen LogP contribution in [0.3, 0.4) is 0 Å². The van der Waals surface area contributed by atoms with E-state index in [1.54, 1.807) is 0 Å². The molecule has 7 heteroatoms. The molecule has 20 heavy (non-hydrogen) atoms. The molecule has 0 heterocycles. The third-order valence-electron chi connectivity index (χ3n) is 3.39. The SMILES string of the molecule is O=C(O)CC(c1cc(Cl)cc(C(F)(F)F)c1O)C1CC1. The van der Waals surface area contributed by atoms with Crippen molar-refractivity contribution in [1.29, 1.82) is 0 Å². The quantitative estimate of drug-likeness (QED) is 0.883. The van der Waals surface area contributed by atoms with Crippen molar-refractivity contribution in [2.24, 2.45) is 5.92 Å². The topological polar surface area (TPSA) is 57.5 Å². The molecule has 1 saturated carbocycles. The number of halogens is 4. The van der Waals surface area contributed by atoms with Crippen LogP contribution in [0.1, 0.15) is 36.3 Å². The van der Waals surface area contributed by atoms with Gasteiger partial charge < -0.3 is 10.2 Å². The summed E-state index contributed by atoms with van der Waals surface area (Å²) in [6.45, 7) is 0. The Morgan fingerprint density at radius 1 is 1.40 bits per heavy atom. The first kappa shape index (κ1) is 15.0. The molecule has 1 aliphatic carbocycles. The average molecular weight is 309 g/mol. The first-order chi connectivity index (χ1) is 9.20. The number of hydrogen-bond donors (Lipinski definition) is 2. The molecule has 0 amide bonds. The van der Waals surface area contributed by atoms with E-state index in [1.807, 2.05) is 0 Å². The number of aliphatic carboxylic acids is 1. The van der Waals surface area contributed by atoms with E-state index in [-0.39, 0.29) is 22.9 Å². The molecule has 0 saturated heterocycles. The maximum Gasteiger partial charge on any atom is 0.420 e. The standard InChI is InChI=1S/C13H12ClF3O3/c14-7-3-9(8(5-11(18)19)6-1-2-6)12(20)10(4-7)13(15,16)17/h3-4,6,8,20H,1-2,5H2,(H,18,19). The van der Waals surface area contributed by atoms with Gasteiger partial charge in [0.25, 0.3) is 0 Å². The van der Waals surface area contributed by atoms with Crippen LogP contribution in [0.4, 0.5) is 13.2 Å². The molecule has 2 N–H and O–H groups in total. The fourth-order valence-electron chi connectivity index (χ4n) is 2.34. The summed E-state index contributed by atoms with van der Waals surface area (Å²) in [5.74, 6) is -2.70. The fourth-order valence-corrected chi connectivity index (χ4v) is 2.56.